The Morgan fingerprint density at radius 1 is 0.841 bits per heavy atom. The highest BCUT2D eigenvalue weighted by Gasteiger charge is 2.37. The topological polar surface area (TPSA) is 125 Å². The van der Waals surface area contributed by atoms with E-state index >= 15 is 0 Å². The number of benzene rings is 5. The van der Waals surface area contributed by atoms with Crippen LogP contribution in [0, 0.1) is 5.82 Å². The van der Waals surface area contributed by atoms with Gasteiger partial charge in [-0.05, 0) is 110 Å². The summed E-state index contributed by atoms with van der Waals surface area (Å²) >= 11 is 0. The van der Waals surface area contributed by atoms with E-state index in [2.05, 4.69) is 5.32 Å². The second kappa shape index (κ2) is 19.1. The van der Waals surface area contributed by atoms with Crippen LogP contribution in [0.5, 0.6) is 5.75 Å². The zero-order valence-corrected chi connectivity index (χ0v) is 34.0. The number of halogens is 7. The molecule has 1 heterocycles. The first-order valence-electron chi connectivity index (χ1n) is 19.6. The van der Waals surface area contributed by atoms with E-state index in [1.807, 2.05) is 31.1 Å². The van der Waals surface area contributed by atoms with Gasteiger partial charge in [0.15, 0.2) is 0 Å². The lowest BCUT2D eigenvalue weighted by Crippen LogP contribution is -2.40. The third-order valence-corrected chi connectivity index (χ3v) is 10.3. The molecule has 0 spiro atoms. The molecule has 17 heteroatoms. The summed E-state index contributed by atoms with van der Waals surface area (Å²) in [4.78, 5) is 57.7. The molecule has 5 aromatic carbocycles. The molecule has 1 aliphatic heterocycles. The van der Waals surface area contributed by atoms with Crippen LogP contribution < -0.4 is 15.8 Å². The highest BCUT2D eigenvalue weighted by atomic mass is 19.4. The molecule has 0 fully saturated rings. The first-order valence-corrected chi connectivity index (χ1v) is 19.6. The van der Waals surface area contributed by atoms with E-state index in [-0.39, 0.29) is 35.5 Å². The van der Waals surface area contributed by atoms with E-state index in [0.717, 1.165) is 47.7 Å². The normalized spacial score (nSPS) is 14.0. The van der Waals surface area contributed by atoms with Gasteiger partial charge >= 0.3 is 12.4 Å². The maximum Gasteiger partial charge on any atom is 0.419 e. The van der Waals surface area contributed by atoms with Crippen molar-refractivity contribution in [3.05, 3.63) is 165 Å². The molecule has 0 saturated carbocycles. The molecule has 63 heavy (non-hydrogen) atoms. The summed E-state index contributed by atoms with van der Waals surface area (Å²) in [7, 11) is 3.93. The van der Waals surface area contributed by atoms with Crippen LogP contribution in [0.25, 0.3) is 0 Å². The summed E-state index contributed by atoms with van der Waals surface area (Å²) in [5.74, 6) is -4.29. The van der Waals surface area contributed by atoms with Crippen LogP contribution in [0.4, 0.5) is 36.4 Å². The van der Waals surface area contributed by atoms with Crippen LogP contribution >= 0.6 is 0 Å². The van der Waals surface area contributed by atoms with Crippen molar-refractivity contribution < 1.29 is 54.6 Å². The number of rotatable bonds is 15. The Morgan fingerprint density at radius 3 is 2.19 bits per heavy atom. The van der Waals surface area contributed by atoms with E-state index in [1.165, 1.54) is 36.4 Å². The molecule has 3 N–H and O–H groups in total. The molecule has 10 nitrogen and oxygen atoms in total. The van der Waals surface area contributed by atoms with Gasteiger partial charge < -0.3 is 30.5 Å². The van der Waals surface area contributed by atoms with Gasteiger partial charge in [-0.25, -0.2) is 4.39 Å². The SMILES string of the molecule is CN(C)CCCOc1ccc(C2Cc3ccc(NC(=O)c4cccc(C(F)(F)F)c4F)cc3C(=O)N2Cc2ccc(C(=O)N(CC(N)=O)Cc3cccc(C(F)(F)F)c3)cc2)cc1. The van der Waals surface area contributed by atoms with E-state index in [0.29, 0.717) is 36.0 Å². The minimum absolute atomic E-state index is 0.00145. The Morgan fingerprint density at radius 2 is 1.54 bits per heavy atom. The van der Waals surface area contributed by atoms with Crippen molar-refractivity contribution in [2.45, 2.75) is 44.3 Å². The molecule has 0 radical (unpaired) electrons. The number of nitrogens with zero attached hydrogens (tertiary/aromatic N) is 3. The number of fused-ring (bicyclic) bond motifs is 1. The molecule has 1 aliphatic rings. The van der Waals surface area contributed by atoms with Crippen LogP contribution in [-0.4, -0.2) is 72.1 Å². The Labute approximate surface area is 358 Å². The fourth-order valence-corrected chi connectivity index (χ4v) is 7.19. The summed E-state index contributed by atoms with van der Waals surface area (Å²) in [6, 6.07) is 24.0. The molecule has 0 aliphatic carbocycles. The maximum atomic E-state index is 14.8. The third-order valence-electron chi connectivity index (χ3n) is 10.3. The van der Waals surface area contributed by atoms with Crippen molar-refractivity contribution in [3.63, 3.8) is 0 Å². The molecule has 0 aromatic heterocycles. The van der Waals surface area contributed by atoms with Gasteiger partial charge in [-0.2, -0.15) is 26.3 Å². The third kappa shape index (κ3) is 11.4. The fourth-order valence-electron chi connectivity index (χ4n) is 7.19. The van der Waals surface area contributed by atoms with Gasteiger partial charge in [0, 0.05) is 36.4 Å². The molecule has 1 atom stereocenters. The molecule has 6 rings (SSSR count). The number of alkyl halides is 6. The Balaban J connectivity index is 1.26. The van der Waals surface area contributed by atoms with Crippen LogP contribution in [-0.2, 0) is 36.7 Å². The Bertz CT molecular complexity index is 2470. The summed E-state index contributed by atoms with van der Waals surface area (Å²) < 4.78 is 101. The summed E-state index contributed by atoms with van der Waals surface area (Å²) in [5.41, 5.74) is 4.40. The number of nitrogens with one attached hydrogen (secondary N) is 1. The van der Waals surface area contributed by atoms with Crippen molar-refractivity contribution in [3.8, 4) is 5.75 Å². The van der Waals surface area contributed by atoms with Gasteiger partial charge in [-0.3, -0.25) is 19.2 Å². The van der Waals surface area contributed by atoms with Crippen molar-refractivity contribution in [2.24, 2.45) is 5.73 Å². The second-order valence-corrected chi connectivity index (χ2v) is 15.2. The predicted octanol–water partition coefficient (Wildman–Crippen LogP) is 8.51. The summed E-state index contributed by atoms with van der Waals surface area (Å²) in [5, 5.41) is 2.40. The molecule has 0 bridgehead atoms. The first kappa shape index (κ1) is 45.8. The number of carbonyl (C=O) groups excluding carboxylic acids is 4. The molecule has 5 aromatic rings. The van der Waals surface area contributed by atoms with Gasteiger partial charge in [0.05, 0.1) is 35.9 Å². The predicted molar refractivity (Wildman–Crippen MR) is 219 cm³/mol. The summed E-state index contributed by atoms with van der Waals surface area (Å²) in [6.45, 7) is 0.417. The minimum Gasteiger partial charge on any atom is -0.494 e. The van der Waals surface area contributed by atoms with Gasteiger partial charge in [-0.15, -0.1) is 0 Å². The monoisotopic (exact) mass is 877 g/mol. The Hall–Kier alpha value is -6.75. The van der Waals surface area contributed by atoms with Crippen LogP contribution in [0.1, 0.15) is 76.9 Å². The van der Waals surface area contributed by atoms with E-state index in [9.17, 15) is 49.9 Å². The second-order valence-electron chi connectivity index (χ2n) is 15.2. The number of ether oxygens (including phenoxy) is 1. The van der Waals surface area contributed by atoms with Crippen molar-refractivity contribution in [2.75, 3.05) is 39.1 Å². The zero-order valence-electron chi connectivity index (χ0n) is 34.0. The first-order chi connectivity index (χ1) is 29.8. The number of anilines is 1. The van der Waals surface area contributed by atoms with Crippen LogP contribution in [0.3, 0.4) is 0 Å². The smallest absolute Gasteiger partial charge is 0.419 e. The maximum absolute atomic E-state index is 14.8. The van der Waals surface area contributed by atoms with Crippen LogP contribution in [0.2, 0.25) is 0 Å². The lowest BCUT2D eigenvalue weighted by Gasteiger charge is -2.37. The average molecular weight is 878 g/mol. The van der Waals surface area contributed by atoms with E-state index in [4.69, 9.17) is 10.5 Å². The lowest BCUT2D eigenvalue weighted by molar-refractivity contribution is -0.140. The zero-order chi connectivity index (χ0) is 45.6. The van der Waals surface area contributed by atoms with Gasteiger partial charge in [0.2, 0.25) is 5.91 Å². The largest absolute Gasteiger partial charge is 0.494 e. The fraction of sp³-hybridized carbons (Fsp3) is 0.261. The molecular weight excluding hydrogens is 836 g/mol. The van der Waals surface area contributed by atoms with Crippen molar-refractivity contribution >= 4 is 29.3 Å². The number of hydrogen-bond donors (Lipinski definition) is 2. The molecular formula is C46H42F7N5O5. The molecule has 0 saturated heterocycles. The van der Waals surface area contributed by atoms with Crippen molar-refractivity contribution in [1.29, 1.82) is 0 Å². The number of nitrogens with two attached hydrogens (primary N) is 1. The summed E-state index contributed by atoms with van der Waals surface area (Å²) in [6.07, 6.45) is -8.56. The minimum atomic E-state index is -5.03. The lowest BCUT2D eigenvalue weighted by atomic mass is 9.88. The number of hydrogen-bond acceptors (Lipinski definition) is 6. The van der Waals surface area contributed by atoms with E-state index in [1.54, 1.807) is 35.2 Å². The van der Waals surface area contributed by atoms with E-state index < -0.39 is 71.1 Å². The quantitative estimate of drug-likeness (QED) is 0.0803. The van der Waals surface area contributed by atoms with Gasteiger partial charge in [0.1, 0.15) is 11.6 Å². The average Bonchev–Trinajstić information content (AvgIpc) is 3.22. The van der Waals surface area contributed by atoms with Crippen molar-refractivity contribution in [1.82, 2.24) is 14.7 Å². The number of primary amides is 1. The standard InChI is InChI=1S/C46H42F7N5O5/c1-56(2)20-5-21-63-35-18-15-30(16-19-35)39-23-32-14-17-34(55-42(60)36-8-4-9-38(41(36)47)46(51,52)53)24-37(32)44(62)58(39)26-28-10-12-31(13-11-28)43(61)57(27-40(54)59)25-29-6-3-7-33(22-29)45(48,49)50/h3-4,6-19,22,24,39H,5,20-21,23,25-27H2,1-2H3,(H2,54,59)(H,55,60). The van der Waals surface area contributed by atoms with Gasteiger partial charge in [0.25, 0.3) is 17.7 Å². The highest BCUT2D eigenvalue weighted by molar-refractivity contribution is 6.06. The highest BCUT2D eigenvalue weighted by Crippen LogP contribution is 2.37. The van der Waals surface area contributed by atoms with Crippen LogP contribution in [0.15, 0.2) is 109 Å². The number of amides is 4. The van der Waals surface area contributed by atoms with Gasteiger partial charge in [-0.1, -0.05) is 48.5 Å². The molecule has 4 amide bonds. The number of carbonyl (C=O) groups is 4. The Kier molecular flexibility index (Phi) is 13.9. The molecule has 1 unspecified atom stereocenters. The molecule has 330 valence electrons.